The van der Waals surface area contributed by atoms with Gasteiger partial charge in [-0.25, -0.2) is 4.63 Å². The molecule has 1 atom stereocenters. The molecule has 2 aromatic heterocycles. The fourth-order valence-corrected chi connectivity index (χ4v) is 4.98. The number of aliphatic hydroxyl groups is 1. The Morgan fingerprint density at radius 3 is 2.57 bits per heavy atom. The molecule has 10 nitrogen and oxygen atoms in total. The van der Waals surface area contributed by atoms with Crippen molar-refractivity contribution in [1.82, 2.24) is 20.6 Å². The number of rotatable bonds is 13. The average molecular weight is 633 g/mol. The fraction of sp³-hybridized carbons (Fsp3) is 0.226. The highest BCUT2D eigenvalue weighted by molar-refractivity contribution is 9.10. The Morgan fingerprint density at radius 1 is 1.00 bits per heavy atom. The van der Waals surface area contributed by atoms with Gasteiger partial charge in [-0.1, -0.05) is 54.6 Å². The molecule has 0 aliphatic rings. The summed E-state index contributed by atoms with van der Waals surface area (Å²) < 4.78 is 23.6. The Hall–Kier alpha value is -4.32. The van der Waals surface area contributed by atoms with E-state index in [0.717, 1.165) is 26.7 Å². The van der Waals surface area contributed by atoms with Crippen molar-refractivity contribution >= 4 is 32.9 Å². The van der Waals surface area contributed by atoms with Crippen LogP contribution in [0.3, 0.4) is 0 Å². The maximum absolute atomic E-state index is 12.3. The van der Waals surface area contributed by atoms with Crippen molar-refractivity contribution in [1.29, 1.82) is 0 Å². The molecular weight excluding hydrogens is 604 g/mol. The number of benzene rings is 3. The number of carbonyl (C=O) groups is 1. The lowest BCUT2D eigenvalue weighted by molar-refractivity contribution is -0.146. The Labute approximate surface area is 250 Å². The molecule has 0 saturated carbocycles. The summed E-state index contributed by atoms with van der Waals surface area (Å²) in [6.45, 7) is 2.04. The third-order valence-corrected chi connectivity index (χ3v) is 7.45. The largest absolute Gasteiger partial charge is 0.488 e. The van der Waals surface area contributed by atoms with Gasteiger partial charge in [-0.2, -0.15) is 0 Å². The number of fused-ring (bicyclic) bond motifs is 1. The minimum absolute atomic E-state index is 0.113. The zero-order chi connectivity index (χ0) is 29.3. The van der Waals surface area contributed by atoms with E-state index >= 15 is 0 Å². The van der Waals surface area contributed by atoms with Crippen LogP contribution in [0.15, 0.2) is 88.2 Å². The van der Waals surface area contributed by atoms with E-state index in [4.69, 9.17) is 18.8 Å². The SMILES string of the molecule is CCOC(=O)[C@@H](CO)NCc1c(OCc2cccnc2)cc(OCc2cccc(-c3ccccc3)c2Br)c2nonc12. The molecular formula is C31H29BrN4O6. The van der Waals surface area contributed by atoms with Crippen molar-refractivity contribution < 1.29 is 28.7 Å². The van der Waals surface area contributed by atoms with Gasteiger partial charge < -0.3 is 19.3 Å². The van der Waals surface area contributed by atoms with Crippen LogP contribution in [0.1, 0.15) is 23.6 Å². The summed E-state index contributed by atoms with van der Waals surface area (Å²) in [5.74, 6) is 0.301. The van der Waals surface area contributed by atoms with Crippen molar-refractivity contribution in [3.8, 4) is 22.6 Å². The van der Waals surface area contributed by atoms with Gasteiger partial charge in [0, 0.05) is 46.2 Å². The van der Waals surface area contributed by atoms with Gasteiger partial charge in [0.05, 0.1) is 13.2 Å². The van der Waals surface area contributed by atoms with E-state index in [1.54, 1.807) is 25.4 Å². The first kappa shape index (κ1) is 29.2. The predicted molar refractivity (Wildman–Crippen MR) is 159 cm³/mol. The van der Waals surface area contributed by atoms with E-state index in [9.17, 15) is 9.90 Å². The number of halogens is 1. The highest BCUT2D eigenvalue weighted by Crippen LogP contribution is 2.36. The predicted octanol–water partition coefficient (Wildman–Crippen LogP) is 5.22. The maximum atomic E-state index is 12.3. The number of ether oxygens (including phenoxy) is 3. The number of nitrogens with zero attached hydrogens (tertiary/aromatic N) is 3. The van der Waals surface area contributed by atoms with Gasteiger partial charge in [0.1, 0.15) is 30.5 Å². The molecule has 42 heavy (non-hydrogen) atoms. The number of hydrogen-bond acceptors (Lipinski definition) is 10. The van der Waals surface area contributed by atoms with E-state index in [2.05, 4.69) is 48.7 Å². The normalized spacial score (nSPS) is 11.8. The first-order valence-corrected chi connectivity index (χ1v) is 14.1. The van der Waals surface area contributed by atoms with Crippen LogP contribution in [0.4, 0.5) is 0 Å². The number of aliphatic hydroxyl groups excluding tert-OH is 1. The number of esters is 1. The van der Waals surface area contributed by atoms with Crippen molar-refractivity contribution in [2.24, 2.45) is 0 Å². The number of carbonyl (C=O) groups excluding carboxylic acids is 1. The smallest absolute Gasteiger partial charge is 0.325 e. The maximum Gasteiger partial charge on any atom is 0.325 e. The number of hydrogen-bond donors (Lipinski definition) is 2. The highest BCUT2D eigenvalue weighted by atomic mass is 79.9. The monoisotopic (exact) mass is 632 g/mol. The van der Waals surface area contributed by atoms with Crippen molar-refractivity contribution in [2.75, 3.05) is 13.2 Å². The molecule has 2 N–H and O–H groups in total. The molecule has 0 saturated heterocycles. The molecule has 5 rings (SSSR count). The second-order valence-electron chi connectivity index (χ2n) is 9.26. The summed E-state index contributed by atoms with van der Waals surface area (Å²) >= 11 is 3.75. The number of pyridine rings is 1. The molecule has 216 valence electrons. The van der Waals surface area contributed by atoms with Gasteiger partial charge in [0.25, 0.3) is 0 Å². The standard InChI is InChI=1S/C31H29BrN4O6/c1-2-39-31(38)25(17-37)34-16-24-26(40-18-20-8-7-13-33-15-20)14-27(30-29(24)35-42-36-30)41-19-22-11-6-12-23(28(22)32)21-9-4-3-5-10-21/h3-15,25,34,37H,2,16-19H2,1H3/t25-/m1/s1. The van der Waals surface area contributed by atoms with Crippen LogP contribution in [0.25, 0.3) is 22.2 Å². The van der Waals surface area contributed by atoms with Crippen LogP contribution in [0, 0.1) is 0 Å². The Kier molecular flexibility index (Phi) is 9.75. The molecule has 0 fully saturated rings. The topological polar surface area (TPSA) is 129 Å². The molecule has 11 heteroatoms. The third-order valence-electron chi connectivity index (χ3n) is 6.51. The molecule has 0 aliphatic heterocycles. The van der Waals surface area contributed by atoms with Gasteiger partial charge in [-0.3, -0.25) is 15.1 Å². The Balaban J connectivity index is 1.45. The van der Waals surface area contributed by atoms with Gasteiger partial charge >= 0.3 is 5.97 Å². The summed E-state index contributed by atoms with van der Waals surface area (Å²) in [6.07, 6.45) is 3.40. The molecule has 2 heterocycles. The molecule has 0 unspecified atom stereocenters. The first-order chi connectivity index (χ1) is 20.6. The summed E-state index contributed by atoms with van der Waals surface area (Å²) in [6, 6.07) is 20.6. The van der Waals surface area contributed by atoms with Crippen LogP contribution >= 0.6 is 15.9 Å². The minimum atomic E-state index is -0.934. The first-order valence-electron chi connectivity index (χ1n) is 13.3. The lowest BCUT2D eigenvalue weighted by atomic mass is 10.0. The van der Waals surface area contributed by atoms with Gasteiger partial charge in [0.15, 0.2) is 11.3 Å². The summed E-state index contributed by atoms with van der Waals surface area (Å²) in [7, 11) is 0. The molecule has 5 aromatic rings. The van der Waals surface area contributed by atoms with Crippen LogP contribution in [-0.4, -0.2) is 45.6 Å². The summed E-state index contributed by atoms with van der Waals surface area (Å²) in [5, 5.41) is 21.0. The van der Waals surface area contributed by atoms with E-state index in [-0.39, 0.29) is 26.4 Å². The number of aromatic nitrogens is 3. The molecule has 0 amide bonds. The lowest BCUT2D eigenvalue weighted by Crippen LogP contribution is -2.40. The van der Waals surface area contributed by atoms with E-state index < -0.39 is 18.6 Å². The van der Waals surface area contributed by atoms with Gasteiger partial charge in [0.2, 0.25) is 0 Å². The van der Waals surface area contributed by atoms with E-state index in [0.29, 0.717) is 28.1 Å². The second-order valence-corrected chi connectivity index (χ2v) is 10.1. The second kappa shape index (κ2) is 14.0. The van der Waals surface area contributed by atoms with Crippen LogP contribution in [0.2, 0.25) is 0 Å². The Bertz CT molecular complexity index is 1630. The average Bonchev–Trinajstić information content (AvgIpc) is 3.52. The minimum Gasteiger partial charge on any atom is -0.488 e. The quantitative estimate of drug-likeness (QED) is 0.167. The lowest BCUT2D eigenvalue weighted by Gasteiger charge is -2.18. The number of nitrogens with one attached hydrogen (secondary N) is 1. The molecule has 3 aromatic carbocycles. The highest BCUT2D eigenvalue weighted by Gasteiger charge is 2.23. The molecule has 0 radical (unpaired) electrons. The summed E-state index contributed by atoms with van der Waals surface area (Å²) in [4.78, 5) is 16.4. The zero-order valence-corrected chi connectivity index (χ0v) is 24.4. The fourth-order valence-electron chi connectivity index (χ4n) is 4.37. The van der Waals surface area contributed by atoms with Gasteiger partial charge in [-0.15, -0.1) is 0 Å². The van der Waals surface area contributed by atoms with Gasteiger partial charge in [-0.05, 0) is 50.4 Å². The summed E-state index contributed by atoms with van der Waals surface area (Å²) in [5.41, 5.74) is 5.31. The molecule has 0 spiro atoms. The Morgan fingerprint density at radius 2 is 1.81 bits per heavy atom. The van der Waals surface area contributed by atoms with Crippen molar-refractivity contribution in [3.63, 3.8) is 0 Å². The van der Waals surface area contributed by atoms with Crippen LogP contribution in [0.5, 0.6) is 11.5 Å². The van der Waals surface area contributed by atoms with E-state index in [1.165, 1.54) is 0 Å². The third kappa shape index (κ3) is 6.76. The van der Waals surface area contributed by atoms with Crippen LogP contribution in [-0.2, 0) is 29.3 Å². The van der Waals surface area contributed by atoms with Crippen molar-refractivity contribution in [3.05, 3.63) is 100 Å². The zero-order valence-electron chi connectivity index (χ0n) is 22.8. The van der Waals surface area contributed by atoms with Crippen LogP contribution < -0.4 is 14.8 Å². The molecule has 0 bridgehead atoms. The molecule has 0 aliphatic carbocycles. The van der Waals surface area contributed by atoms with Crippen molar-refractivity contribution in [2.45, 2.75) is 32.7 Å². The van der Waals surface area contributed by atoms with E-state index in [1.807, 2.05) is 48.5 Å².